The summed E-state index contributed by atoms with van der Waals surface area (Å²) in [5.41, 5.74) is 1.23. The summed E-state index contributed by atoms with van der Waals surface area (Å²) in [5.74, 6) is 0.492. The number of carbonyl (C=O) groups excluding carboxylic acids is 2. The average molecular weight is 408 g/mol. The Hall–Kier alpha value is -3.53. The SMILES string of the molecule is CN(C)CC1CC(=O)N(c2nn(C)cc2NC(=O)c2coc(-c3c[c]ncc3)n2)C1. The molecule has 1 radical (unpaired) electrons. The van der Waals surface area contributed by atoms with Gasteiger partial charge in [0.1, 0.15) is 12.0 Å². The van der Waals surface area contributed by atoms with Crippen LogP contribution in [0.2, 0.25) is 0 Å². The molecule has 0 bridgehead atoms. The van der Waals surface area contributed by atoms with E-state index in [9.17, 15) is 9.59 Å². The molecule has 0 aliphatic carbocycles. The van der Waals surface area contributed by atoms with E-state index < -0.39 is 5.91 Å². The van der Waals surface area contributed by atoms with E-state index in [0.29, 0.717) is 35.9 Å². The molecule has 155 valence electrons. The van der Waals surface area contributed by atoms with Crippen molar-refractivity contribution < 1.29 is 14.0 Å². The van der Waals surface area contributed by atoms with Crippen LogP contribution in [0.4, 0.5) is 11.5 Å². The zero-order valence-electron chi connectivity index (χ0n) is 17.0. The molecule has 3 aromatic heterocycles. The summed E-state index contributed by atoms with van der Waals surface area (Å²) >= 11 is 0. The molecule has 3 aromatic rings. The van der Waals surface area contributed by atoms with Crippen molar-refractivity contribution in [2.24, 2.45) is 13.0 Å². The summed E-state index contributed by atoms with van der Waals surface area (Å²) in [4.78, 5) is 37.0. The molecule has 2 amide bonds. The number of rotatable bonds is 6. The Kier molecular flexibility index (Phi) is 5.32. The van der Waals surface area contributed by atoms with Gasteiger partial charge >= 0.3 is 0 Å². The van der Waals surface area contributed by atoms with Gasteiger partial charge in [0.2, 0.25) is 11.8 Å². The van der Waals surface area contributed by atoms with E-state index in [-0.39, 0.29) is 17.5 Å². The third-order valence-electron chi connectivity index (χ3n) is 4.75. The molecule has 1 unspecified atom stereocenters. The fourth-order valence-electron chi connectivity index (χ4n) is 3.53. The predicted molar refractivity (Wildman–Crippen MR) is 109 cm³/mol. The van der Waals surface area contributed by atoms with Crippen LogP contribution in [0.15, 0.2) is 35.2 Å². The van der Waals surface area contributed by atoms with Gasteiger partial charge < -0.3 is 14.6 Å². The number of carbonyl (C=O) groups is 2. The largest absolute Gasteiger partial charge is 0.444 e. The molecule has 1 aliphatic heterocycles. The number of nitrogens with zero attached hydrogens (tertiary/aromatic N) is 6. The quantitative estimate of drug-likeness (QED) is 0.657. The molecule has 30 heavy (non-hydrogen) atoms. The van der Waals surface area contributed by atoms with Crippen molar-refractivity contribution in [2.75, 3.05) is 37.4 Å². The van der Waals surface area contributed by atoms with Gasteiger partial charge in [0.25, 0.3) is 5.91 Å². The molecule has 0 aromatic carbocycles. The molecule has 1 saturated heterocycles. The van der Waals surface area contributed by atoms with Crippen LogP contribution in [-0.4, -0.2) is 63.6 Å². The van der Waals surface area contributed by atoms with E-state index in [1.54, 1.807) is 41.2 Å². The van der Waals surface area contributed by atoms with Gasteiger partial charge in [0, 0.05) is 38.3 Å². The standard InChI is InChI=1S/C20H22N7O3/c1-25(2)9-13-8-17(28)27(10-13)18-15(11-26(3)24-18)22-19(29)16-12-30-20(23-16)14-4-6-21-7-5-14/h4-6,11-13H,8-10H2,1-3H3,(H,22,29). The third kappa shape index (κ3) is 4.08. The summed E-state index contributed by atoms with van der Waals surface area (Å²) in [6.07, 6.45) is 7.67. The van der Waals surface area contributed by atoms with Crippen molar-refractivity contribution in [3.8, 4) is 11.5 Å². The van der Waals surface area contributed by atoms with E-state index >= 15 is 0 Å². The highest BCUT2D eigenvalue weighted by Crippen LogP contribution is 2.30. The Morgan fingerprint density at radius 2 is 2.27 bits per heavy atom. The molecule has 0 spiro atoms. The fourth-order valence-corrected chi connectivity index (χ4v) is 3.53. The molecule has 10 heteroatoms. The predicted octanol–water partition coefficient (Wildman–Crippen LogP) is 1.44. The lowest BCUT2D eigenvalue weighted by Crippen LogP contribution is -2.28. The fraction of sp³-hybridized carbons (Fsp3) is 0.350. The minimum Gasteiger partial charge on any atom is -0.444 e. The number of hydrogen-bond acceptors (Lipinski definition) is 7. The minimum absolute atomic E-state index is 0.00583. The highest BCUT2D eigenvalue weighted by Gasteiger charge is 2.34. The summed E-state index contributed by atoms with van der Waals surface area (Å²) in [6.45, 7) is 1.37. The van der Waals surface area contributed by atoms with Gasteiger partial charge in [-0.05, 0) is 32.1 Å². The lowest BCUT2D eigenvalue weighted by atomic mass is 10.1. The van der Waals surface area contributed by atoms with E-state index in [4.69, 9.17) is 4.42 Å². The maximum atomic E-state index is 12.7. The van der Waals surface area contributed by atoms with Gasteiger partial charge in [0.15, 0.2) is 11.5 Å². The molecule has 1 aliphatic rings. The number of nitrogens with one attached hydrogen (secondary N) is 1. The van der Waals surface area contributed by atoms with Crippen LogP contribution in [0.5, 0.6) is 0 Å². The molecule has 1 fully saturated rings. The van der Waals surface area contributed by atoms with Crippen molar-refractivity contribution in [3.63, 3.8) is 0 Å². The van der Waals surface area contributed by atoms with Crippen molar-refractivity contribution in [1.82, 2.24) is 24.6 Å². The Bertz CT molecular complexity index is 1060. The second-order valence-electron chi connectivity index (χ2n) is 7.54. The Morgan fingerprint density at radius 1 is 1.43 bits per heavy atom. The van der Waals surface area contributed by atoms with Gasteiger partial charge in [0.05, 0.1) is 12.4 Å². The van der Waals surface area contributed by atoms with Crippen LogP contribution in [-0.2, 0) is 11.8 Å². The van der Waals surface area contributed by atoms with E-state index in [2.05, 4.69) is 31.5 Å². The lowest BCUT2D eigenvalue weighted by molar-refractivity contribution is -0.117. The van der Waals surface area contributed by atoms with Crippen LogP contribution in [0, 0.1) is 12.1 Å². The number of amides is 2. The average Bonchev–Trinajstić information content (AvgIpc) is 3.41. The van der Waals surface area contributed by atoms with Crippen LogP contribution in [0.25, 0.3) is 11.5 Å². The van der Waals surface area contributed by atoms with Gasteiger partial charge in [-0.15, -0.1) is 0 Å². The van der Waals surface area contributed by atoms with Crippen LogP contribution in [0.3, 0.4) is 0 Å². The number of aromatic nitrogens is 4. The van der Waals surface area contributed by atoms with Crippen LogP contribution < -0.4 is 10.2 Å². The normalized spacial score (nSPS) is 16.5. The van der Waals surface area contributed by atoms with Crippen molar-refractivity contribution in [2.45, 2.75) is 6.42 Å². The number of pyridine rings is 1. The molecule has 0 saturated carbocycles. The number of oxazole rings is 1. The zero-order chi connectivity index (χ0) is 21.3. The third-order valence-corrected chi connectivity index (χ3v) is 4.75. The molecule has 1 atom stereocenters. The first-order valence-electron chi connectivity index (χ1n) is 9.49. The first-order valence-corrected chi connectivity index (χ1v) is 9.49. The highest BCUT2D eigenvalue weighted by atomic mass is 16.3. The molecule has 1 N–H and O–H groups in total. The Labute approximate surface area is 173 Å². The number of aryl methyl sites for hydroxylation is 1. The zero-order valence-corrected chi connectivity index (χ0v) is 17.0. The molecular weight excluding hydrogens is 386 g/mol. The Balaban J connectivity index is 1.51. The molecule has 4 heterocycles. The second kappa shape index (κ2) is 8.07. The second-order valence-corrected chi connectivity index (χ2v) is 7.54. The van der Waals surface area contributed by atoms with Gasteiger partial charge in [-0.2, -0.15) is 5.10 Å². The summed E-state index contributed by atoms with van der Waals surface area (Å²) in [5, 5.41) is 7.19. The van der Waals surface area contributed by atoms with Crippen LogP contribution >= 0.6 is 0 Å². The first kappa shape index (κ1) is 19.8. The highest BCUT2D eigenvalue weighted by molar-refractivity contribution is 6.06. The maximum Gasteiger partial charge on any atom is 0.277 e. The summed E-state index contributed by atoms with van der Waals surface area (Å²) < 4.78 is 6.97. The monoisotopic (exact) mass is 408 g/mol. The molecule has 10 nitrogen and oxygen atoms in total. The van der Waals surface area contributed by atoms with Gasteiger partial charge in [-0.3, -0.25) is 24.2 Å². The minimum atomic E-state index is -0.450. The first-order chi connectivity index (χ1) is 14.4. The molecular formula is C20H22N7O3. The van der Waals surface area contributed by atoms with E-state index in [0.717, 1.165) is 6.54 Å². The Morgan fingerprint density at radius 3 is 3.00 bits per heavy atom. The van der Waals surface area contributed by atoms with Gasteiger partial charge in [-0.1, -0.05) is 0 Å². The lowest BCUT2D eigenvalue weighted by Gasteiger charge is -2.17. The van der Waals surface area contributed by atoms with Crippen molar-refractivity contribution in [1.29, 1.82) is 0 Å². The topological polar surface area (TPSA) is 109 Å². The summed E-state index contributed by atoms with van der Waals surface area (Å²) in [7, 11) is 5.70. The van der Waals surface area contributed by atoms with Crippen LogP contribution in [0.1, 0.15) is 16.9 Å². The van der Waals surface area contributed by atoms with Crippen molar-refractivity contribution in [3.05, 3.63) is 42.7 Å². The van der Waals surface area contributed by atoms with E-state index in [1.165, 1.54) is 6.26 Å². The smallest absolute Gasteiger partial charge is 0.277 e. The molecule has 4 rings (SSSR count). The number of hydrogen-bond donors (Lipinski definition) is 1. The maximum absolute atomic E-state index is 12.7. The van der Waals surface area contributed by atoms with E-state index in [1.807, 2.05) is 14.1 Å². The number of anilines is 2. The van der Waals surface area contributed by atoms with Crippen molar-refractivity contribution >= 4 is 23.3 Å². The summed E-state index contributed by atoms with van der Waals surface area (Å²) in [6, 6.07) is 3.34. The van der Waals surface area contributed by atoms with Gasteiger partial charge in [-0.25, -0.2) is 4.98 Å².